The van der Waals surface area contributed by atoms with E-state index in [0.717, 1.165) is 0 Å². The molecular weight excluding hydrogens is 111 g/mol. The summed E-state index contributed by atoms with van der Waals surface area (Å²) in [4.78, 5) is 0. The summed E-state index contributed by atoms with van der Waals surface area (Å²) < 4.78 is 0. The van der Waals surface area contributed by atoms with Gasteiger partial charge in [-0.3, -0.25) is 0 Å². The molecule has 0 aromatic carbocycles. The molecule has 3 heteroatoms. The highest BCUT2D eigenvalue weighted by atomic mass is 32.2. The second kappa shape index (κ2) is 2.86. The molecule has 0 saturated carbocycles. The van der Waals surface area contributed by atoms with Crippen LogP contribution in [0.1, 0.15) is 0 Å². The quantitative estimate of drug-likeness (QED) is 0.436. The summed E-state index contributed by atoms with van der Waals surface area (Å²) in [5.41, 5.74) is 0. The Balaban J connectivity index is 2.00. The van der Waals surface area contributed by atoms with Crippen molar-refractivity contribution < 1.29 is 0 Å². The molecular formula is C3H5BS2. The molecule has 0 spiro atoms. The van der Waals surface area contributed by atoms with Gasteiger partial charge in [-0.1, -0.05) is 0 Å². The van der Waals surface area contributed by atoms with E-state index >= 15 is 0 Å². The fourth-order valence-electron chi connectivity index (χ4n) is 0.311. The fourth-order valence-corrected chi connectivity index (χ4v) is 1.98. The zero-order valence-electron chi connectivity index (χ0n) is 3.39. The Morgan fingerprint density at radius 2 is 2.00 bits per heavy atom. The van der Waals surface area contributed by atoms with Gasteiger partial charge in [0.15, 0.2) is 0 Å². The molecule has 0 atom stereocenters. The first kappa shape index (κ1) is 4.91. The van der Waals surface area contributed by atoms with Crippen LogP contribution in [0.15, 0.2) is 0 Å². The van der Waals surface area contributed by atoms with Crippen molar-refractivity contribution in [2.24, 2.45) is 0 Å². The SMILES string of the molecule is [B]1SC[CH]CS1. The fraction of sp³-hybridized carbons (Fsp3) is 0.667. The first-order chi connectivity index (χ1) is 3.00. The Kier molecular flexibility index (Phi) is 2.34. The Hall–Kier alpha value is 0.765. The molecule has 0 bridgehead atoms. The first-order valence-electron chi connectivity index (χ1n) is 1.87. The molecule has 0 amide bonds. The van der Waals surface area contributed by atoms with Crippen LogP contribution in [0.5, 0.6) is 0 Å². The molecule has 1 aliphatic heterocycles. The minimum absolute atomic E-state index is 1.22. The second-order valence-corrected chi connectivity index (χ2v) is 3.15. The van der Waals surface area contributed by atoms with Crippen molar-refractivity contribution in [2.45, 2.75) is 0 Å². The Morgan fingerprint density at radius 3 is 2.17 bits per heavy atom. The molecule has 0 aromatic heterocycles. The van der Waals surface area contributed by atoms with E-state index in [1.807, 2.05) is 23.2 Å². The standard InChI is InChI=1S/C3H5BS2/c1-2-5-4-6-3-1/h1H,2-3H2. The van der Waals surface area contributed by atoms with Crippen molar-refractivity contribution in [3.8, 4) is 0 Å². The van der Waals surface area contributed by atoms with Gasteiger partial charge in [0.25, 0.3) is 5.84 Å². The molecule has 2 radical (unpaired) electrons. The second-order valence-electron chi connectivity index (χ2n) is 1.05. The van der Waals surface area contributed by atoms with Gasteiger partial charge < -0.3 is 0 Å². The van der Waals surface area contributed by atoms with E-state index in [9.17, 15) is 0 Å². The first-order valence-corrected chi connectivity index (χ1v) is 3.96. The van der Waals surface area contributed by atoms with Gasteiger partial charge in [0.2, 0.25) is 0 Å². The van der Waals surface area contributed by atoms with E-state index in [1.54, 1.807) is 0 Å². The molecule has 0 N–H and O–H groups in total. The summed E-state index contributed by atoms with van der Waals surface area (Å²) >= 11 is 3.75. The highest BCUT2D eigenvalue weighted by Gasteiger charge is 1.98. The van der Waals surface area contributed by atoms with Crippen molar-refractivity contribution in [1.29, 1.82) is 0 Å². The van der Waals surface area contributed by atoms with Crippen molar-refractivity contribution in [3.05, 3.63) is 6.42 Å². The Labute approximate surface area is 47.5 Å². The lowest BCUT2D eigenvalue weighted by Gasteiger charge is -2.04. The topological polar surface area (TPSA) is 0 Å². The average Bonchev–Trinajstić information content (AvgIpc) is 1.72. The molecule has 1 rings (SSSR count). The number of hydrogen-bond donors (Lipinski definition) is 0. The molecule has 0 nitrogen and oxygen atoms in total. The van der Waals surface area contributed by atoms with E-state index < -0.39 is 0 Å². The molecule has 1 fully saturated rings. The lowest BCUT2D eigenvalue weighted by atomic mass is 10.6. The summed E-state index contributed by atoms with van der Waals surface area (Å²) in [5, 5.41) is 0. The zero-order valence-corrected chi connectivity index (χ0v) is 5.02. The van der Waals surface area contributed by atoms with E-state index in [0.29, 0.717) is 0 Å². The number of hydrogen-bond acceptors (Lipinski definition) is 2. The molecule has 32 valence electrons. The van der Waals surface area contributed by atoms with Crippen LogP contribution in [0.4, 0.5) is 0 Å². The maximum Gasteiger partial charge on any atom is 0.267 e. The highest BCUT2D eigenvalue weighted by Crippen LogP contribution is 2.16. The summed E-state index contributed by atoms with van der Waals surface area (Å²) in [6.45, 7) is 0. The molecule has 1 aliphatic rings. The normalized spacial score (nSPS) is 22.7. The van der Waals surface area contributed by atoms with Crippen molar-refractivity contribution in [1.82, 2.24) is 0 Å². The average molecular weight is 116 g/mol. The number of rotatable bonds is 0. The Bertz CT molecular complexity index is 24.3. The smallest absolute Gasteiger partial charge is 0.202 e. The van der Waals surface area contributed by atoms with Gasteiger partial charge in [-0.25, -0.2) is 23.2 Å². The van der Waals surface area contributed by atoms with Crippen LogP contribution in [0.25, 0.3) is 0 Å². The predicted molar refractivity (Wildman–Crippen MR) is 35.0 cm³/mol. The van der Waals surface area contributed by atoms with Crippen molar-refractivity contribution in [2.75, 3.05) is 11.5 Å². The van der Waals surface area contributed by atoms with E-state index in [-0.39, 0.29) is 0 Å². The summed E-state index contributed by atoms with van der Waals surface area (Å²) in [6, 6.07) is 0. The van der Waals surface area contributed by atoms with Gasteiger partial charge in [0.1, 0.15) is 0 Å². The van der Waals surface area contributed by atoms with Crippen LogP contribution in [0.3, 0.4) is 0 Å². The Morgan fingerprint density at radius 1 is 1.33 bits per heavy atom. The molecule has 1 heterocycles. The van der Waals surface area contributed by atoms with Crippen molar-refractivity contribution >= 4 is 29.1 Å². The van der Waals surface area contributed by atoms with Gasteiger partial charge in [-0.05, 0) is 17.9 Å². The van der Waals surface area contributed by atoms with Crippen LogP contribution >= 0.6 is 23.2 Å². The van der Waals surface area contributed by atoms with Gasteiger partial charge in [0.05, 0.1) is 0 Å². The highest BCUT2D eigenvalue weighted by molar-refractivity contribution is 8.51. The maximum absolute atomic E-state index is 2.29. The lowest BCUT2D eigenvalue weighted by Crippen LogP contribution is -1.95. The summed E-state index contributed by atoms with van der Waals surface area (Å²) in [7, 11) is 0. The summed E-state index contributed by atoms with van der Waals surface area (Å²) in [6.07, 6.45) is 2.29. The zero-order chi connectivity index (χ0) is 4.24. The monoisotopic (exact) mass is 116 g/mol. The van der Waals surface area contributed by atoms with Gasteiger partial charge in [-0.2, -0.15) is 0 Å². The molecule has 1 saturated heterocycles. The van der Waals surface area contributed by atoms with Gasteiger partial charge in [0, 0.05) is 0 Å². The van der Waals surface area contributed by atoms with Crippen LogP contribution in [-0.4, -0.2) is 17.3 Å². The maximum atomic E-state index is 2.29. The minimum atomic E-state index is 1.22. The van der Waals surface area contributed by atoms with Crippen LogP contribution < -0.4 is 0 Å². The van der Waals surface area contributed by atoms with Crippen LogP contribution in [-0.2, 0) is 0 Å². The lowest BCUT2D eigenvalue weighted by molar-refractivity contribution is 1.46. The van der Waals surface area contributed by atoms with E-state index in [2.05, 4.69) is 12.3 Å². The van der Waals surface area contributed by atoms with Crippen molar-refractivity contribution in [3.63, 3.8) is 0 Å². The van der Waals surface area contributed by atoms with Crippen LogP contribution in [0.2, 0.25) is 0 Å². The minimum Gasteiger partial charge on any atom is -0.202 e. The third-order valence-corrected chi connectivity index (χ3v) is 2.51. The molecule has 0 aliphatic carbocycles. The molecule has 0 aromatic rings. The van der Waals surface area contributed by atoms with E-state index in [1.165, 1.54) is 11.5 Å². The van der Waals surface area contributed by atoms with Gasteiger partial charge in [-0.15, -0.1) is 0 Å². The molecule has 0 unspecified atom stereocenters. The van der Waals surface area contributed by atoms with E-state index in [4.69, 9.17) is 0 Å². The third-order valence-electron chi connectivity index (χ3n) is 0.564. The van der Waals surface area contributed by atoms with Crippen LogP contribution in [0, 0.1) is 6.42 Å². The molecule has 6 heavy (non-hydrogen) atoms. The largest absolute Gasteiger partial charge is 0.267 e. The summed E-state index contributed by atoms with van der Waals surface area (Å²) in [5.74, 6) is 4.62. The van der Waals surface area contributed by atoms with Gasteiger partial charge >= 0.3 is 0 Å². The predicted octanol–water partition coefficient (Wildman–Crippen LogP) is 1.20. The third kappa shape index (κ3) is 1.48.